The van der Waals surface area contributed by atoms with Crippen molar-refractivity contribution in [3.63, 3.8) is 0 Å². The van der Waals surface area contributed by atoms with E-state index in [0.717, 1.165) is 6.92 Å². The third-order valence-corrected chi connectivity index (χ3v) is 23.4. The van der Waals surface area contributed by atoms with E-state index < -0.39 is 416 Å². The van der Waals surface area contributed by atoms with Crippen molar-refractivity contribution in [2.75, 3.05) is 72.7 Å². The lowest BCUT2D eigenvalue weighted by Gasteiger charge is -2.51. The molecular weight excluding hydrogens is 1730 g/mol. The quantitative estimate of drug-likeness (QED) is 0.0297. The molecule has 11 heterocycles. The lowest BCUT2D eigenvalue weighted by atomic mass is 9.94. The van der Waals surface area contributed by atoms with E-state index in [0.29, 0.717) is 0 Å². The van der Waals surface area contributed by atoms with Crippen molar-refractivity contribution in [3.8, 4) is 0 Å². The van der Waals surface area contributed by atoms with Gasteiger partial charge in [0.1, 0.15) is 269 Å². The Morgan fingerprint density at radius 2 is 0.424 bits per heavy atom. The van der Waals surface area contributed by atoms with Crippen molar-refractivity contribution in [2.45, 2.75) is 345 Å². The zero-order valence-corrected chi connectivity index (χ0v) is 65.7. The predicted octanol–water partition coefficient (Wildman–Crippen LogP) is -24.8. The number of carbonyl (C=O) groups is 1. The van der Waals surface area contributed by atoms with Gasteiger partial charge in [-0.3, -0.25) is 4.79 Å². The molecule has 11 rings (SSSR count). The maximum Gasteiger partial charge on any atom is 0.217 e. The van der Waals surface area contributed by atoms with Gasteiger partial charge in [0, 0.05) is 6.92 Å². The fourth-order valence-electron chi connectivity index (χ4n) is 16.0. The summed E-state index contributed by atoms with van der Waals surface area (Å²) in [6.45, 7) is -11.8. The molecule has 11 saturated heterocycles. The number of ether oxygens (including phenoxy) is 21. The minimum atomic E-state index is -2.63. The Bertz CT molecular complexity index is 3250. The molecule has 728 valence electrons. The molecule has 0 spiro atoms. The first-order valence-electron chi connectivity index (χ1n) is 39.7. The highest BCUT2D eigenvalue weighted by molar-refractivity contribution is 5.73. The zero-order valence-electron chi connectivity index (χ0n) is 65.7. The largest absolute Gasteiger partial charge is 0.394 e. The van der Waals surface area contributed by atoms with Crippen molar-refractivity contribution < 1.29 is 278 Å². The Kier molecular flexibility index (Phi) is 36.7. The maximum absolute atomic E-state index is 12.7. The molecule has 11 aliphatic rings. The van der Waals surface area contributed by atoms with E-state index in [1.165, 1.54) is 0 Å². The highest BCUT2D eigenvalue weighted by atomic mass is 16.8. The van der Waals surface area contributed by atoms with Crippen LogP contribution in [0.25, 0.3) is 0 Å². The van der Waals surface area contributed by atoms with Crippen LogP contribution in [0.1, 0.15) is 6.92 Å². The molecule has 1 amide bonds. The molecule has 55 atom stereocenters. The zero-order chi connectivity index (χ0) is 91.7. The molecule has 125 heavy (non-hydrogen) atoms. The van der Waals surface area contributed by atoms with Gasteiger partial charge in [-0.1, -0.05) is 0 Å². The van der Waals surface area contributed by atoms with Crippen LogP contribution >= 0.6 is 0 Å². The number of aliphatic hydroxyl groups excluding tert-OH is 34. The van der Waals surface area contributed by atoms with E-state index >= 15 is 0 Å². The number of nitrogens with one attached hydrogen (secondary N) is 1. The summed E-state index contributed by atoms with van der Waals surface area (Å²) >= 11 is 0. The first-order chi connectivity index (χ1) is 59.3. The third-order valence-electron chi connectivity index (χ3n) is 23.4. The molecule has 0 saturated carbocycles. The molecule has 57 nitrogen and oxygen atoms in total. The van der Waals surface area contributed by atoms with Crippen LogP contribution in [0.5, 0.6) is 0 Å². The Morgan fingerprint density at radius 1 is 0.208 bits per heavy atom. The Balaban J connectivity index is 0.930. The second-order valence-electron chi connectivity index (χ2n) is 31.6. The summed E-state index contributed by atoms with van der Waals surface area (Å²) in [4.78, 5) is 12.4. The van der Waals surface area contributed by atoms with Crippen LogP contribution in [0.4, 0.5) is 0 Å². The number of hydrogen-bond donors (Lipinski definition) is 35. The number of aliphatic hydroxyl groups is 34. The van der Waals surface area contributed by atoms with Crippen molar-refractivity contribution in [1.82, 2.24) is 5.32 Å². The van der Waals surface area contributed by atoms with E-state index in [-0.39, 0.29) is 0 Å². The highest BCUT2D eigenvalue weighted by Gasteiger charge is 2.62. The van der Waals surface area contributed by atoms with Crippen LogP contribution in [-0.2, 0) is 104 Å². The molecule has 0 radical (unpaired) electrons. The van der Waals surface area contributed by atoms with Crippen molar-refractivity contribution in [3.05, 3.63) is 0 Å². The van der Waals surface area contributed by atoms with Gasteiger partial charge in [-0.2, -0.15) is 0 Å². The molecule has 0 aliphatic carbocycles. The van der Waals surface area contributed by atoms with Crippen molar-refractivity contribution in [2.24, 2.45) is 0 Å². The van der Waals surface area contributed by atoms with E-state index in [1.807, 2.05) is 0 Å². The third kappa shape index (κ3) is 21.8. The number of carbonyl (C=O) groups excluding carboxylic acids is 1. The first-order valence-corrected chi connectivity index (χ1v) is 39.7. The second kappa shape index (κ2) is 44.6. The fraction of sp³-hybridized carbons (Fsp3) is 0.985. The Morgan fingerprint density at radius 3 is 0.744 bits per heavy atom. The minimum Gasteiger partial charge on any atom is -0.394 e. The molecule has 35 N–H and O–H groups in total. The summed E-state index contributed by atoms with van der Waals surface area (Å²) in [6.07, 6.45) is -119. The molecule has 11 fully saturated rings. The molecular formula is C68H115NO56. The summed E-state index contributed by atoms with van der Waals surface area (Å²) in [5.41, 5.74) is 0. The normalized spacial score (nSPS) is 52.7. The molecule has 0 aromatic rings. The van der Waals surface area contributed by atoms with Gasteiger partial charge in [-0.25, -0.2) is 0 Å². The lowest BCUT2D eigenvalue weighted by Crippen LogP contribution is -2.69. The lowest BCUT2D eigenvalue weighted by molar-refractivity contribution is -0.411. The number of amides is 1. The van der Waals surface area contributed by atoms with E-state index in [2.05, 4.69) is 5.32 Å². The molecule has 0 aromatic carbocycles. The first kappa shape index (κ1) is 103. The summed E-state index contributed by atoms with van der Waals surface area (Å²) in [5.74, 6) is -0.906. The van der Waals surface area contributed by atoms with Crippen LogP contribution in [0.3, 0.4) is 0 Å². The standard InChI is InChI=1S/C68H115NO56/c1-13(79)69-25-36(90)50(22(10-78)107-58(25)104)118-64-49(103)53(121-67-57(43(97)32(86)19(7-75)114-67)125-68-56(42(96)31(85)20(8-76)115-68)124-63-48(102)51(33(87)21(9-77)111-63)119-60-44(98)37(91)26(80)14(2-70)108-60)35(89)24(117-64)11-105-59-47(101)52(120-66-55(41(95)30(84)18(6-74)113-66)123-62-46(100)39(93)28(82)16(4-72)110-62)34(88)23(116-59)12-106-65-54(40(94)29(83)17(5-73)112-65)122-61-45(99)38(92)27(81)15(3-71)109-61/h14-68,70-78,80-104H,2-12H2,1H3,(H,69,79)/t14-,15-,16-,17-,18-,19-,20-,21-,22-,23-,24-,25-,26-,27-,28-,29-,30-,31-,32-,33-,34-,35-,36-,37+,38+,39+,40+,41+,42+,43+,44-,45+,46+,47+,48+,49+,50-,51+,52+,53+,54+,55+,56+,57+,58?,59+,60-,61-,62-,63-,64+,65+,66-,67-,68-/m1/s1. The van der Waals surface area contributed by atoms with Gasteiger partial charge < -0.3 is 278 Å². The van der Waals surface area contributed by atoms with Crippen LogP contribution < -0.4 is 5.32 Å². The van der Waals surface area contributed by atoms with Crippen LogP contribution in [0.15, 0.2) is 0 Å². The Labute approximate surface area is 704 Å². The van der Waals surface area contributed by atoms with E-state index in [4.69, 9.17) is 99.5 Å². The summed E-state index contributed by atoms with van der Waals surface area (Å²) in [7, 11) is 0. The smallest absolute Gasteiger partial charge is 0.217 e. The topological polar surface area (TPSA) is 911 Å². The van der Waals surface area contributed by atoms with Gasteiger partial charge in [-0.15, -0.1) is 0 Å². The summed E-state index contributed by atoms with van der Waals surface area (Å²) in [6, 6.07) is -1.85. The number of hydrogen-bond acceptors (Lipinski definition) is 56. The van der Waals surface area contributed by atoms with E-state index in [9.17, 15) is 178 Å². The van der Waals surface area contributed by atoms with Gasteiger partial charge in [0.2, 0.25) is 5.91 Å². The molecule has 57 heteroatoms. The van der Waals surface area contributed by atoms with E-state index in [1.54, 1.807) is 0 Å². The van der Waals surface area contributed by atoms with Crippen molar-refractivity contribution in [1.29, 1.82) is 0 Å². The highest BCUT2D eigenvalue weighted by Crippen LogP contribution is 2.42. The number of rotatable bonds is 32. The van der Waals surface area contributed by atoms with Crippen molar-refractivity contribution >= 4 is 5.91 Å². The van der Waals surface area contributed by atoms with Crippen LogP contribution in [-0.4, -0.2) is 590 Å². The maximum atomic E-state index is 12.7. The average molecular weight is 1840 g/mol. The monoisotopic (exact) mass is 1840 g/mol. The summed E-state index contributed by atoms with van der Waals surface area (Å²) < 4.78 is 123. The molecule has 0 aromatic heterocycles. The molecule has 11 aliphatic heterocycles. The summed E-state index contributed by atoms with van der Waals surface area (Å²) in [5, 5.41) is 379. The molecule has 0 bridgehead atoms. The average Bonchev–Trinajstić information content (AvgIpc) is 0.761. The van der Waals surface area contributed by atoms with Gasteiger partial charge in [0.05, 0.1) is 72.7 Å². The minimum absolute atomic E-state index is 0.906. The molecule has 1 unspecified atom stereocenters. The van der Waals surface area contributed by atoms with Crippen LogP contribution in [0, 0.1) is 0 Å². The second-order valence-corrected chi connectivity index (χ2v) is 31.6. The Hall–Kier alpha value is -2.73. The SMILES string of the molecule is CC(=O)N[C@H]1C(O)O[C@H](CO)[C@@H](O[C@@H]2O[C@H](CO[C@H]3O[C@H](CO[C@H]4O[C@H](CO)[C@@H](O)[C@H](O)[C@@H]4O[C@H]4O[C@H](CO)[C@@H](O)[C@H](O)[C@@H]4O)[C@@H](O)[C@H](O[C@H]4O[C@H](CO)[C@@H](O)[C@H](O)[C@@H]4O[C@H]4O[C@H](CO)[C@@H](O)[C@H](O)[C@@H]4O)[C@@H]3O)[C@@H](O)[C@H](O[C@H]3O[C@H](CO)[C@@H](O)[C@H](O)[C@@H]3O[C@H]3O[C@H](CO)[C@@H](O)[C@H](O)[C@@H]3O[C@H]3O[C@H](CO)[C@@H](O)[C@H](O[C@H]4O[C@H](CO)[C@@H](O)[C@H](O)[C@H]4O)[C@@H]3O)[C@@H]2O)[C@@H]1O. The van der Waals surface area contributed by atoms with Gasteiger partial charge in [0.15, 0.2) is 69.2 Å². The van der Waals surface area contributed by atoms with Gasteiger partial charge in [-0.05, 0) is 0 Å². The fourth-order valence-corrected chi connectivity index (χ4v) is 16.0. The van der Waals surface area contributed by atoms with Crippen LogP contribution in [0.2, 0.25) is 0 Å². The van der Waals surface area contributed by atoms with Gasteiger partial charge >= 0.3 is 0 Å². The predicted molar refractivity (Wildman–Crippen MR) is 374 cm³/mol. The van der Waals surface area contributed by atoms with Gasteiger partial charge in [0.25, 0.3) is 0 Å².